The summed E-state index contributed by atoms with van der Waals surface area (Å²) in [5.74, 6) is -0.527. The van der Waals surface area contributed by atoms with E-state index in [2.05, 4.69) is 9.72 Å². The van der Waals surface area contributed by atoms with Crippen molar-refractivity contribution in [1.82, 2.24) is 4.98 Å². The quantitative estimate of drug-likeness (QED) is 0.709. The normalized spacial score (nSPS) is 12.7. The minimum absolute atomic E-state index is 0.286. The Bertz CT molecular complexity index is 383. The van der Waals surface area contributed by atoms with E-state index in [1.807, 2.05) is 0 Å². The second-order valence-electron chi connectivity index (χ2n) is 2.75. The fraction of sp³-hybridized carbons (Fsp3) is 0.375. The third kappa shape index (κ3) is 2.56. The van der Waals surface area contributed by atoms with Crippen LogP contribution < -0.4 is 4.74 Å². The maximum atomic E-state index is 12.3. The highest BCUT2D eigenvalue weighted by atomic mass is 19.4. The number of rotatable bonds is 1. The lowest BCUT2D eigenvalue weighted by molar-refractivity contribution is -0.165. The van der Waals surface area contributed by atoms with Crippen molar-refractivity contribution in [2.24, 2.45) is 0 Å². The van der Waals surface area contributed by atoms with E-state index in [0.29, 0.717) is 0 Å². The molecule has 0 bridgehead atoms. The van der Waals surface area contributed by atoms with E-state index in [1.54, 1.807) is 0 Å². The maximum Gasteiger partial charge on any atom is 0.434 e. The van der Waals surface area contributed by atoms with E-state index in [-0.39, 0.29) is 6.07 Å². The summed E-state index contributed by atoms with van der Waals surface area (Å²) in [4.78, 5) is 2.76. The van der Waals surface area contributed by atoms with E-state index >= 15 is 0 Å². The van der Waals surface area contributed by atoms with Gasteiger partial charge in [-0.3, -0.25) is 0 Å². The molecule has 0 unspecified atom stereocenters. The number of pyridine rings is 1. The second kappa shape index (κ2) is 3.84. The fourth-order valence-corrected chi connectivity index (χ4v) is 1.000. The number of halogens is 6. The van der Waals surface area contributed by atoms with Crippen molar-refractivity contribution >= 4 is 0 Å². The van der Waals surface area contributed by atoms with Crippen molar-refractivity contribution in [3.63, 3.8) is 0 Å². The molecule has 0 saturated carbocycles. The van der Waals surface area contributed by atoms with Gasteiger partial charge in [-0.25, -0.2) is 4.98 Å². The molecule has 0 aliphatic carbocycles. The highest BCUT2D eigenvalue weighted by Gasteiger charge is 2.44. The Labute approximate surface area is 85.9 Å². The predicted molar refractivity (Wildman–Crippen MR) is 40.8 cm³/mol. The van der Waals surface area contributed by atoms with Crippen molar-refractivity contribution in [1.29, 1.82) is 0 Å². The van der Waals surface area contributed by atoms with Crippen LogP contribution in [0.3, 0.4) is 0 Å². The highest BCUT2D eigenvalue weighted by Crippen LogP contribution is 2.39. The van der Waals surface area contributed by atoms with Gasteiger partial charge in [0.25, 0.3) is 0 Å². The zero-order valence-electron chi connectivity index (χ0n) is 7.78. The standard InChI is InChI=1S/C8H5F6NO/c1-16-5-3-2-4(7(9,10)11)6(15-5)8(12,13)14/h2-3H,1H3. The van der Waals surface area contributed by atoms with Gasteiger partial charge in [-0.15, -0.1) is 0 Å². The second-order valence-corrected chi connectivity index (χ2v) is 2.75. The van der Waals surface area contributed by atoms with Gasteiger partial charge < -0.3 is 4.74 Å². The minimum Gasteiger partial charge on any atom is -0.481 e. The van der Waals surface area contributed by atoms with Gasteiger partial charge in [0.2, 0.25) is 5.88 Å². The van der Waals surface area contributed by atoms with Gasteiger partial charge in [-0.05, 0) is 6.07 Å². The molecule has 1 rings (SSSR count). The third-order valence-electron chi connectivity index (χ3n) is 1.65. The Morgan fingerprint density at radius 3 is 1.94 bits per heavy atom. The van der Waals surface area contributed by atoms with Gasteiger partial charge in [0.15, 0.2) is 5.69 Å². The summed E-state index contributed by atoms with van der Waals surface area (Å²) in [6.45, 7) is 0. The molecule has 0 N–H and O–H groups in total. The van der Waals surface area contributed by atoms with Crippen LogP contribution in [0, 0.1) is 0 Å². The monoisotopic (exact) mass is 245 g/mol. The summed E-state index contributed by atoms with van der Waals surface area (Å²) < 4.78 is 77.9. The van der Waals surface area contributed by atoms with Crippen LogP contribution >= 0.6 is 0 Å². The number of ether oxygens (including phenoxy) is 1. The summed E-state index contributed by atoms with van der Waals surface area (Å²) in [7, 11) is 1.01. The van der Waals surface area contributed by atoms with Crippen LogP contribution in [-0.2, 0) is 12.4 Å². The van der Waals surface area contributed by atoms with E-state index in [0.717, 1.165) is 13.2 Å². The lowest BCUT2D eigenvalue weighted by Gasteiger charge is -2.14. The summed E-state index contributed by atoms with van der Waals surface area (Å²) in [5, 5.41) is 0. The van der Waals surface area contributed by atoms with E-state index < -0.39 is 29.5 Å². The van der Waals surface area contributed by atoms with Crippen molar-refractivity contribution in [2.75, 3.05) is 7.11 Å². The van der Waals surface area contributed by atoms with Crippen LogP contribution in [0.1, 0.15) is 11.3 Å². The molecule has 0 spiro atoms. The van der Waals surface area contributed by atoms with Crippen LogP contribution in [0.4, 0.5) is 26.3 Å². The van der Waals surface area contributed by atoms with E-state index in [9.17, 15) is 26.3 Å². The molecular weight excluding hydrogens is 240 g/mol. The first-order valence-corrected chi connectivity index (χ1v) is 3.85. The first-order valence-electron chi connectivity index (χ1n) is 3.85. The molecule has 90 valence electrons. The Hall–Kier alpha value is -1.47. The van der Waals surface area contributed by atoms with Gasteiger partial charge in [0.1, 0.15) is 0 Å². The van der Waals surface area contributed by atoms with Crippen LogP contribution in [0.5, 0.6) is 5.88 Å². The molecule has 0 radical (unpaired) electrons. The lowest BCUT2D eigenvalue weighted by Crippen LogP contribution is -2.18. The number of nitrogens with zero attached hydrogens (tertiary/aromatic N) is 1. The van der Waals surface area contributed by atoms with Gasteiger partial charge in [-0.1, -0.05) is 0 Å². The summed E-state index contributed by atoms with van der Waals surface area (Å²) in [6, 6.07) is 1.01. The minimum atomic E-state index is -5.18. The van der Waals surface area contributed by atoms with Crippen molar-refractivity contribution in [3.8, 4) is 5.88 Å². The zero-order chi connectivity index (χ0) is 12.6. The molecule has 0 aliphatic heterocycles. The smallest absolute Gasteiger partial charge is 0.434 e. The average molecular weight is 245 g/mol. The number of aromatic nitrogens is 1. The van der Waals surface area contributed by atoms with E-state index in [4.69, 9.17) is 0 Å². The fourth-order valence-electron chi connectivity index (χ4n) is 1.000. The topological polar surface area (TPSA) is 22.1 Å². The first-order chi connectivity index (χ1) is 7.16. The summed E-state index contributed by atoms with van der Waals surface area (Å²) in [6.07, 6.45) is -10.3. The molecule has 16 heavy (non-hydrogen) atoms. The predicted octanol–water partition coefficient (Wildman–Crippen LogP) is 3.13. The molecule has 8 heteroatoms. The molecule has 1 aromatic heterocycles. The van der Waals surface area contributed by atoms with Crippen LogP contribution in [-0.4, -0.2) is 12.1 Å². The summed E-state index contributed by atoms with van der Waals surface area (Å²) >= 11 is 0. The number of hydrogen-bond donors (Lipinski definition) is 0. The molecule has 1 heterocycles. The molecule has 1 aromatic rings. The Balaban J connectivity index is 3.40. The van der Waals surface area contributed by atoms with Crippen LogP contribution in [0.15, 0.2) is 12.1 Å². The first kappa shape index (κ1) is 12.6. The van der Waals surface area contributed by atoms with Crippen LogP contribution in [0.25, 0.3) is 0 Å². The third-order valence-corrected chi connectivity index (χ3v) is 1.65. The molecule has 0 fully saturated rings. The Morgan fingerprint density at radius 2 is 1.56 bits per heavy atom. The molecule has 0 aromatic carbocycles. The molecule has 2 nitrogen and oxygen atoms in total. The molecule has 0 saturated heterocycles. The molecule has 0 aliphatic rings. The number of hydrogen-bond acceptors (Lipinski definition) is 2. The lowest BCUT2D eigenvalue weighted by atomic mass is 10.2. The van der Waals surface area contributed by atoms with Crippen LogP contribution in [0.2, 0.25) is 0 Å². The maximum absolute atomic E-state index is 12.3. The van der Waals surface area contributed by atoms with E-state index in [1.165, 1.54) is 0 Å². The van der Waals surface area contributed by atoms with Crippen molar-refractivity contribution < 1.29 is 31.1 Å². The van der Waals surface area contributed by atoms with Crippen molar-refractivity contribution in [2.45, 2.75) is 12.4 Å². The van der Waals surface area contributed by atoms with Gasteiger partial charge in [-0.2, -0.15) is 26.3 Å². The highest BCUT2D eigenvalue weighted by molar-refractivity contribution is 5.30. The van der Waals surface area contributed by atoms with Gasteiger partial charge in [0.05, 0.1) is 12.7 Å². The molecular formula is C8H5F6NO. The number of alkyl halides is 6. The van der Waals surface area contributed by atoms with Crippen molar-refractivity contribution in [3.05, 3.63) is 23.4 Å². The average Bonchev–Trinajstić information content (AvgIpc) is 2.14. The SMILES string of the molecule is COc1ccc(C(F)(F)F)c(C(F)(F)F)n1. The zero-order valence-corrected chi connectivity index (χ0v) is 7.78. The van der Waals surface area contributed by atoms with Gasteiger partial charge in [0, 0.05) is 6.07 Å². The molecule has 0 atom stereocenters. The Kier molecular flexibility index (Phi) is 3.02. The van der Waals surface area contributed by atoms with Gasteiger partial charge >= 0.3 is 12.4 Å². The Morgan fingerprint density at radius 1 is 1.00 bits per heavy atom. The largest absolute Gasteiger partial charge is 0.481 e. The number of methoxy groups -OCH3 is 1. The molecule has 0 amide bonds. The summed E-state index contributed by atoms with van der Waals surface area (Å²) in [5.41, 5.74) is -3.83.